The van der Waals surface area contributed by atoms with Gasteiger partial charge in [-0.1, -0.05) is 34.1 Å². The van der Waals surface area contributed by atoms with Crippen molar-refractivity contribution in [3.63, 3.8) is 0 Å². The molecule has 4 rings (SSSR count). The highest BCUT2D eigenvalue weighted by atomic mass is 79.9. The Balaban J connectivity index is 1.42. The van der Waals surface area contributed by atoms with Crippen LogP contribution in [0.1, 0.15) is 17.9 Å². The molecule has 0 aromatic heterocycles. The van der Waals surface area contributed by atoms with E-state index in [1.807, 2.05) is 24.3 Å². The zero-order valence-corrected chi connectivity index (χ0v) is 16.8. The third-order valence-corrected chi connectivity index (χ3v) is 6.45. The maximum atomic E-state index is 13.3. The Morgan fingerprint density at radius 3 is 2.78 bits per heavy atom. The van der Waals surface area contributed by atoms with E-state index in [9.17, 15) is 14.0 Å². The first-order valence-electron chi connectivity index (χ1n) is 8.73. The fourth-order valence-corrected chi connectivity index (χ4v) is 5.04. The lowest BCUT2D eigenvalue weighted by Crippen LogP contribution is -2.45. The highest BCUT2D eigenvalue weighted by Crippen LogP contribution is 2.49. The number of nitrogens with one attached hydrogen (secondary N) is 1. The van der Waals surface area contributed by atoms with Crippen LogP contribution in [0.5, 0.6) is 0 Å². The number of amides is 2. The number of rotatable bonds is 4. The fraction of sp³-hybridized carbons (Fsp3) is 0.300. The first-order valence-corrected chi connectivity index (χ1v) is 10.7. The quantitative estimate of drug-likeness (QED) is 0.760. The lowest BCUT2D eigenvalue weighted by molar-refractivity contribution is -0.137. The average Bonchev–Trinajstić information content (AvgIpc) is 3.29. The molecule has 0 radical (unpaired) electrons. The van der Waals surface area contributed by atoms with Crippen LogP contribution in [0.15, 0.2) is 53.0 Å². The third-order valence-electron chi connectivity index (χ3n) is 4.94. The van der Waals surface area contributed by atoms with Crippen LogP contribution >= 0.6 is 27.7 Å². The normalized spacial score (nSPS) is 23.9. The minimum absolute atomic E-state index is 0.0318. The smallest absolute Gasteiger partial charge is 0.248 e. The molecule has 1 heterocycles. The summed E-state index contributed by atoms with van der Waals surface area (Å²) in [5.41, 5.74) is 1.55. The summed E-state index contributed by atoms with van der Waals surface area (Å²) in [7, 11) is 0. The molecule has 2 aromatic carbocycles. The van der Waals surface area contributed by atoms with Crippen molar-refractivity contribution in [1.29, 1.82) is 0 Å². The molecule has 1 aliphatic carbocycles. The van der Waals surface area contributed by atoms with Crippen molar-refractivity contribution in [2.24, 2.45) is 5.92 Å². The van der Waals surface area contributed by atoms with E-state index in [-0.39, 0.29) is 23.7 Å². The second kappa shape index (κ2) is 7.64. The zero-order chi connectivity index (χ0) is 19.0. The second-order valence-electron chi connectivity index (χ2n) is 6.83. The molecule has 1 saturated carbocycles. The summed E-state index contributed by atoms with van der Waals surface area (Å²) in [5, 5.41) is 2.73. The van der Waals surface area contributed by atoms with Crippen molar-refractivity contribution < 1.29 is 14.0 Å². The Labute approximate surface area is 169 Å². The number of carbonyl (C=O) groups is 2. The van der Waals surface area contributed by atoms with E-state index >= 15 is 0 Å². The van der Waals surface area contributed by atoms with Gasteiger partial charge in [0.25, 0.3) is 0 Å². The van der Waals surface area contributed by atoms with Gasteiger partial charge in [-0.25, -0.2) is 4.39 Å². The lowest BCUT2D eigenvalue weighted by atomic mass is 10.1. The third kappa shape index (κ3) is 4.04. The first kappa shape index (κ1) is 18.5. The van der Waals surface area contributed by atoms with Crippen LogP contribution in [0, 0.1) is 11.7 Å². The van der Waals surface area contributed by atoms with E-state index in [1.165, 1.54) is 12.1 Å². The highest BCUT2D eigenvalue weighted by molar-refractivity contribution is 9.10. The summed E-state index contributed by atoms with van der Waals surface area (Å²) < 4.78 is 14.3. The molecule has 27 heavy (non-hydrogen) atoms. The summed E-state index contributed by atoms with van der Waals surface area (Å²) >= 11 is 5.04. The van der Waals surface area contributed by atoms with E-state index in [0.717, 1.165) is 16.5 Å². The number of nitrogens with zero attached hydrogens (tertiary/aromatic N) is 1. The van der Waals surface area contributed by atoms with Gasteiger partial charge in [0.1, 0.15) is 11.9 Å². The molecule has 2 fully saturated rings. The standard InChI is InChI=1S/C20H18BrFN2O2S/c21-13-4-1-3-12(7-13)16-9-17(16)20(26)24-11-27-10-18(24)19(25)23-15-6-2-5-14(22)8-15/h1-8,16-18H,9-11H2,(H,23,25). The molecule has 0 bridgehead atoms. The first-order chi connectivity index (χ1) is 13.0. The molecular formula is C20H18BrFN2O2S. The Kier molecular flexibility index (Phi) is 5.23. The molecule has 3 atom stereocenters. The highest BCUT2D eigenvalue weighted by Gasteiger charge is 2.48. The van der Waals surface area contributed by atoms with Crippen molar-refractivity contribution >= 4 is 45.2 Å². The molecule has 4 nitrogen and oxygen atoms in total. The summed E-state index contributed by atoms with van der Waals surface area (Å²) in [5.74, 6) is 0.581. The Hall–Kier alpha value is -1.86. The minimum Gasteiger partial charge on any atom is -0.324 e. The van der Waals surface area contributed by atoms with Gasteiger partial charge in [-0.05, 0) is 48.2 Å². The molecule has 2 aliphatic rings. The SMILES string of the molecule is O=C(Nc1cccc(F)c1)C1CSCN1C(=O)C1CC1c1cccc(Br)c1. The maximum Gasteiger partial charge on any atom is 0.248 e. The van der Waals surface area contributed by atoms with Crippen molar-refractivity contribution in [1.82, 2.24) is 4.90 Å². The average molecular weight is 449 g/mol. The summed E-state index contributed by atoms with van der Waals surface area (Å²) in [6.45, 7) is 0. The van der Waals surface area contributed by atoms with Crippen LogP contribution in [0.3, 0.4) is 0 Å². The lowest BCUT2D eigenvalue weighted by Gasteiger charge is -2.23. The topological polar surface area (TPSA) is 49.4 Å². The molecule has 140 valence electrons. The molecule has 1 saturated heterocycles. The van der Waals surface area contributed by atoms with Crippen LogP contribution < -0.4 is 5.32 Å². The van der Waals surface area contributed by atoms with E-state index in [0.29, 0.717) is 17.3 Å². The van der Waals surface area contributed by atoms with E-state index < -0.39 is 11.9 Å². The molecule has 1 aliphatic heterocycles. The summed E-state index contributed by atoms with van der Waals surface area (Å²) in [6, 6.07) is 13.3. The number of hydrogen-bond acceptors (Lipinski definition) is 3. The molecule has 2 amide bonds. The zero-order valence-electron chi connectivity index (χ0n) is 14.4. The molecule has 3 unspecified atom stereocenters. The number of carbonyl (C=O) groups excluding carboxylic acids is 2. The van der Waals surface area contributed by atoms with Crippen LogP contribution in [0.25, 0.3) is 0 Å². The number of benzene rings is 2. The summed E-state index contributed by atoms with van der Waals surface area (Å²) in [4.78, 5) is 27.3. The predicted molar refractivity (Wildman–Crippen MR) is 108 cm³/mol. The van der Waals surface area contributed by atoms with Gasteiger partial charge >= 0.3 is 0 Å². The van der Waals surface area contributed by atoms with Gasteiger partial charge in [0.05, 0.1) is 5.88 Å². The van der Waals surface area contributed by atoms with Gasteiger partial charge in [-0.3, -0.25) is 9.59 Å². The van der Waals surface area contributed by atoms with Gasteiger partial charge in [0, 0.05) is 21.8 Å². The van der Waals surface area contributed by atoms with Crippen LogP contribution in [-0.2, 0) is 9.59 Å². The maximum absolute atomic E-state index is 13.3. The number of halogens is 2. The van der Waals surface area contributed by atoms with Gasteiger partial charge in [0.2, 0.25) is 11.8 Å². The van der Waals surface area contributed by atoms with Crippen molar-refractivity contribution in [3.8, 4) is 0 Å². The number of anilines is 1. The van der Waals surface area contributed by atoms with Crippen molar-refractivity contribution in [2.75, 3.05) is 16.9 Å². The summed E-state index contributed by atoms with van der Waals surface area (Å²) in [6.07, 6.45) is 0.814. The predicted octanol–water partition coefficient (Wildman–Crippen LogP) is 4.23. The van der Waals surface area contributed by atoms with Gasteiger partial charge in [0.15, 0.2) is 0 Å². The largest absolute Gasteiger partial charge is 0.324 e. The number of thioether (sulfide) groups is 1. The van der Waals surface area contributed by atoms with Crippen LogP contribution in [0.4, 0.5) is 10.1 Å². The Morgan fingerprint density at radius 1 is 1.19 bits per heavy atom. The monoisotopic (exact) mass is 448 g/mol. The van der Waals surface area contributed by atoms with Gasteiger partial charge in [-0.2, -0.15) is 0 Å². The molecule has 2 aromatic rings. The fourth-order valence-electron chi connectivity index (χ4n) is 3.46. The Bertz CT molecular complexity index is 894. The molecular weight excluding hydrogens is 431 g/mol. The van der Waals surface area contributed by atoms with Gasteiger partial charge < -0.3 is 10.2 Å². The van der Waals surface area contributed by atoms with Gasteiger partial charge in [-0.15, -0.1) is 11.8 Å². The van der Waals surface area contributed by atoms with E-state index in [2.05, 4.69) is 21.2 Å². The number of hydrogen-bond donors (Lipinski definition) is 1. The van der Waals surface area contributed by atoms with Crippen molar-refractivity contribution in [3.05, 3.63) is 64.4 Å². The molecule has 1 N–H and O–H groups in total. The minimum atomic E-state index is -0.519. The second-order valence-corrected chi connectivity index (χ2v) is 8.74. The van der Waals surface area contributed by atoms with E-state index in [4.69, 9.17) is 0 Å². The van der Waals surface area contributed by atoms with Crippen molar-refractivity contribution in [2.45, 2.75) is 18.4 Å². The molecule has 7 heteroatoms. The van der Waals surface area contributed by atoms with E-state index in [1.54, 1.807) is 28.8 Å². The molecule has 0 spiro atoms. The Morgan fingerprint density at radius 2 is 2.00 bits per heavy atom. The van der Waals surface area contributed by atoms with Crippen LogP contribution in [0.2, 0.25) is 0 Å². The van der Waals surface area contributed by atoms with Crippen LogP contribution in [-0.4, -0.2) is 34.4 Å².